The number of benzene rings is 1. The standard InChI is InChI=1S/C14H20INO3S/c1-10(2)20(17,18)16-14-9-19-8-7-13(14)11-3-5-12(15)6-4-11/h3-6,10,13-14,16H,7-9H2,1-2H3. The van der Waals surface area contributed by atoms with E-state index in [-0.39, 0.29) is 12.0 Å². The molecule has 1 aromatic rings. The average molecular weight is 409 g/mol. The Labute approximate surface area is 134 Å². The molecule has 112 valence electrons. The van der Waals surface area contributed by atoms with Gasteiger partial charge in [-0.05, 0) is 60.6 Å². The third-order valence-electron chi connectivity index (χ3n) is 3.59. The molecule has 2 unspecified atom stereocenters. The van der Waals surface area contributed by atoms with E-state index in [1.54, 1.807) is 13.8 Å². The number of rotatable bonds is 4. The van der Waals surface area contributed by atoms with E-state index < -0.39 is 15.3 Å². The molecule has 2 rings (SSSR count). The van der Waals surface area contributed by atoms with Crippen molar-refractivity contribution in [1.82, 2.24) is 4.72 Å². The van der Waals surface area contributed by atoms with E-state index in [2.05, 4.69) is 51.6 Å². The second-order valence-electron chi connectivity index (χ2n) is 5.34. The largest absolute Gasteiger partial charge is 0.380 e. The van der Waals surface area contributed by atoms with Gasteiger partial charge in [0, 0.05) is 16.1 Å². The van der Waals surface area contributed by atoms with Gasteiger partial charge in [-0.25, -0.2) is 13.1 Å². The highest BCUT2D eigenvalue weighted by molar-refractivity contribution is 14.1. The van der Waals surface area contributed by atoms with Crippen LogP contribution in [0, 0.1) is 3.57 Å². The molecule has 20 heavy (non-hydrogen) atoms. The lowest BCUT2D eigenvalue weighted by atomic mass is 9.88. The van der Waals surface area contributed by atoms with Crippen LogP contribution < -0.4 is 4.72 Å². The number of hydrogen-bond donors (Lipinski definition) is 1. The topological polar surface area (TPSA) is 55.4 Å². The third kappa shape index (κ3) is 3.93. The van der Waals surface area contributed by atoms with Gasteiger partial charge < -0.3 is 4.74 Å². The van der Waals surface area contributed by atoms with Crippen LogP contribution in [0.3, 0.4) is 0 Å². The van der Waals surface area contributed by atoms with Crippen molar-refractivity contribution in [3.05, 3.63) is 33.4 Å². The first-order valence-electron chi connectivity index (χ1n) is 6.74. The second-order valence-corrected chi connectivity index (χ2v) is 8.85. The molecular weight excluding hydrogens is 389 g/mol. The molecule has 0 spiro atoms. The van der Waals surface area contributed by atoms with Gasteiger partial charge in [-0.3, -0.25) is 0 Å². The van der Waals surface area contributed by atoms with Crippen LogP contribution in [-0.4, -0.2) is 32.9 Å². The fraction of sp³-hybridized carbons (Fsp3) is 0.571. The number of hydrogen-bond acceptors (Lipinski definition) is 3. The van der Waals surface area contributed by atoms with E-state index in [9.17, 15) is 8.42 Å². The minimum atomic E-state index is -3.28. The summed E-state index contributed by atoms with van der Waals surface area (Å²) in [6.07, 6.45) is 0.839. The maximum absolute atomic E-state index is 12.1. The molecule has 4 nitrogen and oxygen atoms in total. The smallest absolute Gasteiger partial charge is 0.214 e. The monoisotopic (exact) mass is 409 g/mol. The second kappa shape index (κ2) is 6.72. The van der Waals surface area contributed by atoms with Gasteiger partial charge in [0.1, 0.15) is 0 Å². The van der Waals surface area contributed by atoms with Crippen molar-refractivity contribution in [3.8, 4) is 0 Å². The van der Waals surface area contributed by atoms with E-state index in [0.717, 1.165) is 6.42 Å². The van der Waals surface area contributed by atoms with Crippen LogP contribution in [0.1, 0.15) is 31.7 Å². The summed E-state index contributed by atoms with van der Waals surface area (Å²) < 4.78 is 33.6. The molecule has 1 saturated heterocycles. The number of halogens is 1. The van der Waals surface area contributed by atoms with E-state index in [4.69, 9.17) is 4.74 Å². The Balaban J connectivity index is 2.19. The van der Waals surface area contributed by atoms with E-state index in [1.165, 1.54) is 9.13 Å². The Kier molecular flexibility index (Phi) is 5.44. The van der Waals surface area contributed by atoms with Crippen LogP contribution in [0.5, 0.6) is 0 Å². The highest BCUT2D eigenvalue weighted by atomic mass is 127. The van der Waals surface area contributed by atoms with Crippen LogP contribution in [0.4, 0.5) is 0 Å². The predicted octanol–water partition coefficient (Wildman–Crippen LogP) is 2.49. The van der Waals surface area contributed by atoms with Crippen molar-refractivity contribution >= 4 is 32.6 Å². The maximum Gasteiger partial charge on any atom is 0.214 e. The lowest BCUT2D eigenvalue weighted by Gasteiger charge is -2.32. The Hall–Kier alpha value is -0.180. The van der Waals surface area contributed by atoms with E-state index in [1.807, 2.05) is 0 Å². The summed E-state index contributed by atoms with van der Waals surface area (Å²) in [4.78, 5) is 0. The maximum atomic E-state index is 12.1. The Bertz CT molecular complexity index is 542. The summed E-state index contributed by atoms with van der Waals surface area (Å²) in [6, 6.07) is 8.08. The minimum Gasteiger partial charge on any atom is -0.380 e. The lowest BCUT2D eigenvalue weighted by Crippen LogP contribution is -2.47. The molecule has 0 saturated carbocycles. The number of sulfonamides is 1. The van der Waals surface area contributed by atoms with E-state index >= 15 is 0 Å². The van der Waals surface area contributed by atoms with Crippen molar-refractivity contribution in [1.29, 1.82) is 0 Å². The van der Waals surface area contributed by atoms with Crippen LogP contribution in [0.2, 0.25) is 0 Å². The van der Waals surface area contributed by atoms with Gasteiger partial charge in [-0.2, -0.15) is 0 Å². The molecule has 1 aliphatic heterocycles. The van der Waals surface area contributed by atoms with Gasteiger partial charge in [0.05, 0.1) is 17.9 Å². The van der Waals surface area contributed by atoms with Gasteiger partial charge >= 0.3 is 0 Å². The van der Waals surface area contributed by atoms with Crippen LogP contribution in [0.25, 0.3) is 0 Å². The van der Waals surface area contributed by atoms with Gasteiger partial charge in [-0.1, -0.05) is 12.1 Å². The molecule has 1 heterocycles. The fourth-order valence-electron chi connectivity index (χ4n) is 2.31. The Morgan fingerprint density at radius 3 is 2.55 bits per heavy atom. The van der Waals surface area contributed by atoms with Crippen molar-refractivity contribution in [2.75, 3.05) is 13.2 Å². The number of nitrogens with one attached hydrogen (secondary N) is 1. The highest BCUT2D eigenvalue weighted by Crippen LogP contribution is 2.28. The first-order valence-corrected chi connectivity index (χ1v) is 9.37. The normalized spacial score (nSPS) is 24.0. The molecule has 0 radical (unpaired) electrons. The molecular formula is C14H20INO3S. The molecule has 1 N–H and O–H groups in total. The lowest BCUT2D eigenvalue weighted by molar-refractivity contribution is 0.0644. The van der Waals surface area contributed by atoms with Gasteiger partial charge in [0.15, 0.2) is 0 Å². The molecule has 0 aliphatic carbocycles. The van der Waals surface area contributed by atoms with Crippen molar-refractivity contribution < 1.29 is 13.2 Å². The molecule has 1 aromatic carbocycles. The van der Waals surface area contributed by atoms with Crippen LogP contribution in [0.15, 0.2) is 24.3 Å². The first kappa shape index (κ1) is 16.2. The number of ether oxygens (including phenoxy) is 1. The summed E-state index contributed by atoms with van der Waals surface area (Å²) in [5.41, 5.74) is 1.17. The van der Waals surface area contributed by atoms with Gasteiger partial charge in [-0.15, -0.1) is 0 Å². The van der Waals surface area contributed by atoms with Crippen LogP contribution >= 0.6 is 22.6 Å². The fourth-order valence-corrected chi connectivity index (χ4v) is 3.60. The molecule has 0 aromatic heterocycles. The zero-order valence-corrected chi connectivity index (χ0v) is 14.6. The van der Waals surface area contributed by atoms with Gasteiger partial charge in [0.2, 0.25) is 10.0 Å². The minimum absolute atomic E-state index is 0.175. The molecule has 0 amide bonds. The SMILES string of the molecule is CC(C)S(=O)(=O)NC1COCCC1c1ccc(I)cc1. The molecule has 0 bridgehead atoms. The van der Waals surface area contributed by atoms with E-state index in [0.29, 0.717) is 13.2 Å². The average Bonchev–Trinajstić information content (AvgIpc) is 2.40. The highest BCUT2D eigenvalue weighted by Gasteiger charge is 2.31. The Morgan fingerprint density at radius 2 is 1.95 bits per heavy atom. The summed E-state index contributed by atoms with van der Waals surface area (Å²) in [5, 5.41) is -0.429. The predicted molar refractivity (Wildman–Crippen MR) is 88.3 cm³/mol. The quantitative estimate of drug-likeness (QED) is 0.778. The van der Waals surface area contributed by atoms with Crippen LogP contribution in [-0.2, 0) is 14.8 Å². The molecule has 1 aliphatic rings. The first-order chi connectivity index (χ1) is 9.40. The summed E-state index contributed by atoms with van der Waals surface area (Å²) in [6.45, 7) is 4.48. The van der Waals surface area contributed by atoms with Crippen molar-refractivity contribution in [2.24, 2.45) is 0 Å². The molecule has 6 heteroatoms. The molecule has 2 atom stereocenters. The summed E-state index contributed by atoms with van der Waals surface area (Å²) in [7, 11) is -3.28. The molecule has 1 fully saturated rings. The van der Waals surface area contributed by atoms with Crippen molar-refractivity contribution in [2.45, 2.75) is 37.5 Å². The zero-order valence-electron chi connectivity index (χ0n) is 11.7. The summed E-state index contributed by atoms with van der Waals surface area (Å²) >= 11 is 2.27. The van der Waals surface area contributed by atoms with Crippen molar-refractivity contribution in [3.63, 3.8) is 0 Å². The Morgan fingerprint density at radius 1 is 1.30 bits per heavy atom. The third-order valence-corrected chi connectivity index (χ3v) is 6.18. The van der Waals surface area contributed by atoms with Gasteiger partial charge in [0.25, 0.3) is 0 Å². The summed E-state index contributed by atoms with van der Waals surface area (Å²) in [5.74, 6) is 0.175. The zero-order chi connectivity index (χ0) is 14.8.